The summed E-state index contributed by atoms with van der Waals surface area (Å²) in [5, 5.41) is 0. The molecule has 5 heteroatoms. The van der Waals surface area contributed by atoms with Crippen molar-refractivity contribution in [2.24, 2.45) is 0 Å². The monoisotopic (exact) mass is 289 g/mol. The van der Waals surface area contributed by atoms with Gasteiger partial charge in [0, 0.05) is 17.6 Å². The minimum absolute atomic E-state index is 0.138. The van der Waals surface area contributed by atoms with Crippen molar-refractivity contribution in [3.63, 3.8) is 0 Å². The molecule has 0 aliphatic carbocycles. The molecule has 1 aromatic carbocycles. The van der Waals surface area contributed by atoms with Gasteiger partial charge in [-0.05, 0) is 39.8 Å². The first-order valence-electron chi connectivity index (χ1n) is 6.26. The van der Waals surface area contributed by atoms with E-state index in [-0.39, 0.29) is 16.0 Å². The summed E-state index contributed by atoms with van der Waals surface area (Å²) in [7, 11) is -1.58. The molecule has 0 aliphatic rings. The highest BCUT2D eigenvalue weighted by Gasteiger charge is 2.28. The Morgan fingerprint density at radius 2 is 1.89 bits per heavy atom. The van der Waals surface area contributed by atoms with E-state index in [2.05, 4.69) is 0 Å². The minimum Gasteiger partial charge on any atom is -0.237 e. The Morgan fingerprint density at radius 1 is 1.32 bits per heavy atom. The number of rotatable bonds is 4. The molecule has 1 atom stereocenters. The summed E-state index contributed by atoms with van der Waals surface area (Å²) in [5.41, 5.74) is 0.264. The second kappa shape index (κ2) is 6.09. The molecule has 1 unspecified atom stereocenters. The largest absolute Gasteiger partial charge is 0.265 e. The Bertz CT molecular complexity index is 469. The zero-order valence-electron chi connectivity index (χ0n) is 12.0. The van der Waals surface area contributed by atoms with Crippen LogP contribution < -0.4 is 0 Å². The zero-order valence-corrected chi connectivity index (χ0v) is 12.9. The van der Waals surface area contributed by atoms with E-state index in [0.29, 0.717) is 6.54 Å². The van der Waals surface area contributed by atoms with E-state index in [0.717, 1.165) is 5.56 Å². The molecule has 0 amide bonds. The van der Waals surface area contributed by atoms with Gasteiger partial charge in [-0.2, -0.15) is 0 Å². The molecular formula is C14H21F2NOS. The molecule has 19 heavy (non-hydrogen) atoms. The lowest BCUT2D eigenvalue weighted by Crippen LogP contribution is -2.42. The molecule has 0 spiro atoms. The van der Waals surface area contributed by atoms with Gasteiger partial charge in [-0.25, -0.2) is 17.3 Å². The van der Waals surface area contributed by atoms with Crippen molar-refractivity contribution >= 4 is 11.0 Å². The number of halogens is 2. The fourth-order valence-electron chi connectivity index (χ4n) is 1.96. The van der Waals surface area contributed by atoms with E-state index < -0.39 is 17.4 Å². The maximum absolute atomic E-state index is 13.1. The van der Waals surface area contributed by atoms with Gasteiger partial charge in [-0.3, -0.25) is 0 Å². The number of benzene rings is 1. The van der Waals surface area contributed by atoms with E-state index >= 15 is 0 Å². The maximum Gasteiger partial charge on any atom is 0.265 e. The summed E-state index contributed by atoms with van der Waals surface area (Å²) >= 11 is 0. The van der Waals surface area contributed by atoms with Crippen LogP contribution in [0.5, 0.6) is 0 Å². The first-order chi connectivity index (χ1) is 8.68. The molecule has 0 N–H and O–H groups in total. The smallest absolute Gasteiger partial charge is 0.237 e. The molecule has 0 saturated heterocycles. The zero-order chi connectivity index (χ0) is 14.8. The Labute approximate surface area is 116 Å². The Hall–Kier alpha value is -0.810. The molecule has 0 aromatic heterocycles. The van der Waals surface area contributed by atoms with Crippen LogP contribution in [-0.4, -0.2) is 20.6 Å². The van der Waals surface area contributed by atoms with Crippen molar-refractivity contribution < 1.29 is 13.0 Å². The van der Waals surface area contributed by atoms with Gasteiger partial charge >= 0.3 is 0 Å². The van der Waals surface area contributed by atoms with Gasteiger partial charge in [0.05, 0.1) is 4.90 Å². The van der Waals surface area contributed by atoms with E-state index in [9.17, 15) is 13.0 Å². The number of hydrogen-bond acceptors (Lipinski definition) is 1. The Kier molecular flexibility index (Phi) is 5.21. The van der Waals surface area contributed by atoms with E-state index in [1.54, 1.807) is 23.4 Å². The van der Waals surface area contributed by atoms with Crippen LogP contribution in [0.25, 0.3) is 0 Å². The summed E-state index contributed by atoms with van der Waals surface area (Å²) < 4.78 is 40.4. The Morgan fingerprint density at radius 3 is 2.32 bits per heavy atom. The van der Waals surface area contributed by atoms with Crippen LogP contribution in [0.2, 0.25) is 0 Å². The summed E-state index contributed by atoms with van der Waals surface area (Å²) in [4.78, 5) is 0.206. The average Bonchev–Trinajstić information content (AvgIpc) is 2.27. The third kappa shape index (κ3) is 3.83. The van der Waals surface area contributed by atoms with Crippen molar-refractivity contribution in [2.45, 2.75) is 51.5 Å². The first-order valence-corrected chi connectivity index (χ1v) is 7.37. The van der Waals surface area contributed by atoms with Crippen LogP contribution in [0, 0.1) is 6.92 Å². The highest BCUT2D eigenvalue weighted by atomic mass is 32.2. The summed E-state index contributed by atoms with van der Waals surface area (Å²) in [6, 6.07) is 4.67. The fraction of sp³-hybridized carbons (Fsp3) is 0.571. The molecule has 0 aliphatic heterocycles. The van der Waals surface area contributed by atoms with Crippen LogP contribution in [0.1, 0.15) is 45.2 Å². The fourth-order valence-corrected chi connectivity index (χ4v) is 3.46. The van der Waals surface area contributed by atoms with Gasteiger partial charge in [-0.1, -0.05) is 18.6 Å². The SMILES string of the molecule is CCN(S(=O)c1ccc(C)cc1C(F)F)C(C)(C)C. The number of hydrogen-bond donors (Lipinski definition) is 0. The third-order valence-corrected chi connectivity index (χ3v) is 4.78. The summed E-state index contributed by atoms with van der Waals surface area (Å²) in [6.45, 7) is 9.92. The molecule has 0 saturated carbocycles. The van der Waals surface area contributed by atoms with Gasteiger partial charge in [-0.15, -0.1) is 0 Å². The molecule has 1 rings (SSSR count). The molecule has 0 bridgehead atoms. The molecule has 1 aromatic rings. The van der Waals surface area contributed by atoms with Gasteiger partial charge in [0.2, 0.25) is 0 Å². The summed E-state index contributed by atoms with van der Waals surface area (Å²) in [6.07, 6.45) is -2.61. The van der Waals surface area contributed by atoms with Crippen LogP contribution in [0.4, 0.5) is 8.78 Å². The molecule has 0 radical (unpaired) electrons. The van der Waals surface area contributed by atoms with Crippen molar-refractivity contribution in [3.05, 3.63) is 29.3 Å². The Balaban J connectivity index is 3.26. The number of nitrogens with zero attached hydrogens (tertiary/aromatic N) is 1. The summed E-state index contributed by atoms with van der Waals surface area (Å²) in [5.74, 6) is 0. The lowest BCUT2D eigenvalue weighted by molar-refractivity contribution is 0.147. The molecular weight excluding hydrogens is 268 g/mol. The average molecular weight is 289 g/mol. The van der Waals surface area contributed by atoms with Gasteiger partial charge in [0.25, 0.3) is 6.43 Å². The predicted molar refractivity (Wildman–Crippen MR) is 74.7 cm³/mol. The number of aryl methyl sites for hydroxylation is 1. The molecule has 0 heterocycles. The van der Waals surface area contributed by atoms with Crippen LogP contribution in [0.3, 0.4) is 0 Å². The lowest BCUT2D eigenvalue weighted by atomic mass is 10.1. The predicted octanol–water partition coefficient (Wildman–Crippen LogP) is 4.08. The quantitative estimate of drug-likeness (QED) is 0.818. The molecule has 0 fully saturated rings. The second-order valence-corrected chi connectivity index (χ2v) is 6.84. The van der Waals surface area contributed by atoms with E-state index in [4.69, 9.17) is 0 Å². The van der Waals surface area contributed by atoms with Crippen LogP contribution in [-0.2, 0) is 11.0 Å². The van der Waals surface area contributed by atoms with Crippen molar-refractivity contribution in [1.29, 1.82) is 0 Å². The van der Waals surface area contributed by atoms with Gasteiger partial charge in [0.1, 0.15) is 11.0 Å². The van der Waals surface area contributed by atoms with Crippen molar-refractivity contribution in [2.75, 3.05) is 6.54 Å². The second-order valence-electron chi connectivity index (χ2n) is 5.46. The third-order valence-electron chi connectivity index (χ3n) is 2.82. The van der Waals surface area contributed by atoms with Gasteiger partial charge < -0.3 is 0 Å². The number of alkyl halides is 2. The molecule has 2 nitrogen and oxygen atoms in total. The van der Waals surface area contributed by atoms with Gasteiger partial charge in [0.15, 0.2) is 0 Å². The first kappa shape index (κ1) is 16.2. The standard InChI is InChI=1S/C14H21F2NOS/c1-6-17(14(3,4)5)19(18)12-8-7-10(2)9-11(12)13(15)16/h7-9,13H,6H2,1-5H3. The topological polar surface area (TPSA) is 20.3 Å². The van der Waals surface area contributed by atoms with Crippen molar-refractivity contribution in [1.82, 2.24) is 4.31 Å². The highest BCUT2D eigenvalue weighted by molar-refractivity contribution is 7.82. The normalized spacial score (nSPS) is 14.2. The maximum atomic E-state index is 13.1. The highest BCUT2D eigenvalue weighted by Crippen LogP contribution is 2.29. The van der Waals surface area contributed by atoms with E-state index in [1.165, 1.54) is 6.07 Å². The van der Waals surface area contributed by atoms with Crippen molar-refractivity contribution in [3.8, 4) is 0 Å². The van der Waals surface area contributed by atoms with E-state index in [1.807, 2.05) is 27.7 Å². The lowest BCUT2D eigenvalue weighted by Gasteiger charge is -2.33. The van der Waals surface area contributed by atoms with Crippen LogP contribution in [0.15, 0.2) is 23.1 Å². The molecule has 108 valence electrons. The van der Waals surface area contributed by atoms with Crippen LogP contribution >= 0.6 is 0 Å². The minimum atomic E-state index is -2.61.